The van der Waals surface area contributed by atoms with Crippen LogP contribution in [0.2, 0.25) is 0 Å². The largest absolute Gasteiger partial charge is 0.483 e. The molecule has 2 heterocycles. The average Bonchev–Trinajstić information content (AvgIpc) is 3.06. The second-order valence-corrected chi connectivity index (χ2v) is 5.26. The number of anilines is 1. The lowest BCUT2D eigenvalue weighted by Gasteiger charge is -2.26. The summed E-state index contributed by atoms with van der Waals surface area (Å²) in [6.45, 7) is 11.5. The summed E-state index contributed by atoms with van der Waals surface area (Å²) < 4.78 is 0. The van der Waals surface area contributed by atoms with Gasteiger partial charge in [0.2, 0.25) is 0 Å². The van der Waals surface area contributed by atoms with E-state index in [0.29, 0.717) is 0 Å². The Labute approximate surface area is 143 Å². The van der Waals surface area contributed by atoms with E-state index in [4.69, 9.17) is 19.8 Å². The summed E-state index contributed by atoms with van der Waals surface area (Å²) in [5, 5.41) is 13.8. The first-order valence-corrected chi connectivity index (χ1v) is 7.97. The third kappa shape index (κ3) is 8.42. The van der Waals surface area contributed by atoms with E-state index in [9.17, 15) is 0 Å². The fraction of sp³-hybridized carbons (Fsp3) is 0.625. The van der Waals surface area contributed by atoms with Crippen LogP contribution >= 0.6 is 0 Å². The lowest BCUT2D eigenvalue weighted by molar-refractivity contribution is -0.123. The van der Waals surface area contributed by atoms with Gasteiger partial charge in [-0.15, -0.1) is 0 Å². The minimum absolute atomic E-state index is 0.250. The molecule has 0 aromatic carbocycles. The molecular formula is C16H28N4O4. The molecule has 2 rings (SSSR count). The minimum atomic E-state index is -0.250. The number of carboxylic acid groups (broad SMARTS) is 2. The molecule has 8 nitrogen and oxygen atoms in total. The molecule has 0 bridgehead atoms. The number of carbonyl (C=O) groups is 2. The Kier molecular flexibility index (Phi) is 12.0. The molecular weight excluding hydrogens is 312 g/mol. The molecule has 0 amide bonds. The highest BCUT2D eigenvalue weighted by atomic mass is 16.3. The molecule has 1 aromatic rings. The standard InChI is InChI=1S/C14H24N4.2CH2O2/c1-4-18(10-9-17-7-5-6-8-17)14-12(2)11-15-13(3)16-14;2*2-1-3/h11H,4-10H2,1-3H3;2*1H,(H,2,3). The summed E-state index contributed by atoms with van der Waals surface area (Å²) in [5.41, 5.74) is 1.17. The first kappa shape index (κ1) is 21.8. The Morgan fingerprint density at radius 1 is 1.21 bits per heavy atom. The van der Waals surface area contributed by atoms with Crippen molar-refractivity contribution in [2.45, 2.75) is 33.6 Å². The molecule has 0 radical (unpaired) electrons. The van der Waals surface area contributed by atoms with Crippen LogP contribution in [0.15, 0.2) is 6.20 Å². The van der Waals surface area contributed by atoms with Crippen LogP contribution < -0.4 is 4.90 Å². The Bertz CT molecular complexity index is 473. The van der Waals surface area contributed by atoms with Gasteiger partial charge in [0.1, 0.15) is 11.6 Å². The number of hydrogen-bond donors (Lipinski definition) is 2. The molecule has 1 fully saturated rings. The van der Waals surface area contributed by atoms with Gasteiger partial charge in [-0.2, -0.15) is 0 Å². The maximum Gasteiger partial charge on any atom is 0.290 e. The molecule has 1 aliphatic heterocycles. The summed E-state index contributed by atoms with van der Waals surface area (Å²) >= 11 is 0. The number of likely N-dealkylation sites (tertiary alicyclic amines) is 1. The predicted octanol–water partition coefficient (Wildman–Crippen LogP) is 1.42. The molecule has 1 aromatic heterocycles. The first-order valence-electron chi connectivity index (χ1n) is 7.97. The van der Waals surface area contributed by atoms with Crippen molar-refractivity contribution in [3.05, 3.63) is 17.6 Å². The molecule has 24 heavy (non-hydrogen) atoms. The number of likely N-dealkylation sites (N-methyl/N-ethyl adjacent to an activating group) is 1. The van der Waals surface area contributed by atoms with Crippen molar-refractivity contribution < 1.29 is 19.8 Å². The van der Waals surface area contributed by atoms with E-state index in [1.165, 1.54) is 31.5 Å². The summed E-state index contributed by atoms with van der Waals surface area (Å²) in [7, 11) is 0. The van der Waals surface area contributed by atoms with E-state index >= 15 is 0 Å². The molecule has 0 spiro atoms. The quantitative estimate of drug-likeness (QED) is 0.775. The summed E-state index contributed by atoms with van der Waals surface area (Å²) in [4.78, 5) is 30.5. The van der Waals surface area contributed by atoms with E-state index in [1.807, 2.05) is 13.1 Å². The van der Waals surface area contributed by atoms with Crippen LogP contribution in [0.5, 0.6) is 0 Å². The van der Waals surface area contributed by atoms with Crippen LogP contribution in [0.1, 0.15) is 31.2 Å². The van der Waals surface area contributed by atoms with Gasteiger partial charge < -0.3 is 20.0 Å². The fourth-order valence-electron chi connectivity index (χ4n) is 2.52. The number of hydrogen-bond acceptors (Lipinski definition) is 6. The number of aromatic nitrogens is 2. The van der Waals surface area contributed by atoms with Gasteiger partial charge in [-0.3, -0.25) is 9.59 Å². The lowest BCUT2D eigenvalue weighted by atomic mass is 10.3. The molecule has 0 atom stereocenters. The van der Waals surface area contributed by atoms with E-state index < -0.39 is 0 Å². The average molecular weight is 340 g/mol. The molecule has 1 saturated heterocycles. The van der Waals surface area contributed by atoms with E-state index in [0.717, 1.165) is 31.3 Å². The number of aryl methyl sites for hydroxylation is 2. The van der Waals surface area contributed by atoms with Crippen molar-refractivity contribution in [2.24, 2.45) is 0 Å². The summed E-state index contributed by atoms with van der Waals surface area (Å²) in [5.74, 6) is 1.96. The van der Waals surface area contributed by atoms with Crippen molar-refractivity contribution >= 4 is 18.8 Å². The van der Waals surface area contributed by atoms with Crippen molar-refractivity contribution in [3.63, 3.8) is 0 Å². The molecule has 8 heteroatoms. The topological polar surface area (TPSA) is 107 Å². The first-order chi connectivity index (χ1) is 11.5. The normalized spacial score (nSPS) is 13.1. The maximum atomic E-state index is 8.36. The highest BCUT2D eigenvalue weighted by Crippen LogP contribution is 2.16. The number of nitrogens with zero attached hydrogens (tertiary/aromatic N) is 4. The van der Waals surface area contributed by atoms with Crippen molar-refractivity contribution in [1.82, 2.24) is 14.9 Å². The van der Waals surface area contributed by atoms with Gasteiger partial charge in [0.25, 0.3) is 12.9 Å². The maximum absolute atomic E-state index is 8.36. The molecule has 0 aliphatic carbocycles. The third-order valence-corrected chi connectivity index (χ3v) is 3.63. The van der Waals surface area contributed by atoms with Crippen LogP contribution in [0.25, 0.3) is 0 Å². The Hall–Kier alpha value is -2.22. The van der Waals surface area contributed by atoms with Gasteiger partial charge in [0, 0.05) is 31.4 Å². The predicted molar refractivity (Wildman–Crippen MR) is 92.5 cm³/mol. The highest BCUT2D eigenvalue weighted by molar-refractivity contribution is 5.45. The van der Waals surface area contributed by atoms with Crippen LogP contribution in [-0.4, -0.2) is 70.7 Å². The molecule has 1 aliphatic rings. The highest BCUT2D eigenvalue weighted by Gasteiger charge is 2.14. The van der Waals surface area contributed by atoms with Crippen molar-refractivity contribution in [1.29, 1.82) is 0 Å². The van der Waals surface area contributed by atoms with Gasteiger partial charge >= 0.3 is 0 Å². The molecule has 2 N–H and O–H groups in total. The van der Waals surface area contributed by atoms with Crippen LogP contribution in [0.3, 0.4) is 0 Å². The second-order valence-electron chi connectivity index (χ2n) is 5.26. The second kappa shape index (κ2) is 13.2. The third-order valence-electron chi connectivity index (χ3n) is 3.63. The van der Waals surface area contributed by atoms with E-state index in [1.54, 1.807) is 0 Å². The van der Waals surface area contributed by atoms with Gasteiger partial charge in [-0.1, -0.05) is 0 Å². The Morgan fingerprint density at radius 3 is 2.25 bits per heavy atom. The Morgan fingerprint density at radius 2 is 1.75 bits per heavy atom. The fourth-order valence-corrected chi connectivity index (χ4v) is 2.52. The SMILES string of the molecule is CCN(CCN1CCCC1)c1nc(C)ncc1C.O=CO.O=CO. The summed E-state index contributed by atoms with van der Waals surface area (Å²) in [6, 6.07) is 0. The minimum Gasteiger partial charge on any atom is -0.483 e. The number of rotatable bonds is 5. The van der Waals surface area contributed by atoms with Crippen LogP contribution in [-0.2, 0) is 9.59 Å². The van der Waals surface area contributed by atoms with Crippen LogP contribution in [0.4, 0.5) is 5.82 Å². The zero-order chi connectivity index (χ0) is 18.4. The molecule has 136 valence electrons. The lowest BCUT2D eigenvalue weighted by Crippen LogP contribution is -2.34. The van der Waals surface area contributed by atoms with Gasteiger partial charge in [0.05, 0.1) is 0 Å². The Balaban J connectivity index is 0.000000772. The van der Waals surface area contributed by atoms with Crippen molar-refractivity contribution in [3.8, 4) is 0 Å². The molecule has 0 unspecified atom stereocenters. The van der Waals surface area contributed by atoms with Crippen LogP contribution in [0, 0.1) is 13.8 Å². The van der Waals surface area contributed by atoms with Gasteiger partial charge in [0.15, 0.2) is 0 Å². The summed E-state index contributed by atoms with van der Waals surface area (Å²) in [6.07, 6.45) is 4.64. The smallest absolute Gasteiger partial charge is 0.290 e. The van der Waals surface area contributed by atoms with Gasteiger partial charge in [-0.25, -0.2) is 9.97 Å². The molecule has 0 saturated carbocycles. The monoisotopic (exact) mass is 340 g/mol. The van der Waals surface area contributed by atoms with Crippen molar-refractivity contribution in [2.75, 3.05) is 37.6 Å². The van der Waals surface area contributed by atoms with Gasteiger partial charge in [-0.05, 0) is 46.7 Å². The van der Waals surface area contributed by atoms with E-state index in [-0.39, 0.29) is 12.9 Å². The van der Waals surface area contributed by atoms with E-state index in [2.05, 4.69) is 33.6 Å². The zero-order valence-electron chi connectivity index (χ0n) is 14.7. The zero-order valence-corrected chi connectivity index (χ0v) is 14.7.